The van der Waals surface area contributed by atoms with Gasteiger partial charge < -0.3 is 10.4 Å². The van der Waals surface area contributed by atoms with Gasteiger partial charge in [0, 0.05) is 12.2 Å². The minimum atomic E-state index is -0.902. The van der Waals surface area contributed by atoms with E-state index in [2.05, 4.69) is 5.32 Å². The van der Waals surface area contributed by atoms with Crippen LogP contribution in [0.5, 0.6) is 0 Å². The molecule has 1 atom stereocenters. The van der Waals surface area contributed by atoms with Gasteiger partial charge in [0.05, 0.1) is 11.7 Å². The molecule has 2 rings (SSSR count). The average molecular weight is 274 g/mol. The van der Waals surface area contributed by atoms with Gasteiger partial charge in [-0.1, -0.05) is 12.1 Å². The topological polar surface area (TPSA) is 56.0 Å². The molecule has 0 aliphatic carbocycles. The van der Waals surface area contributed by atoms with E-state index in [9.17, 15) is 13.9 Å². The van der Waals surface area contributed by atoms with Gasteiger partial charge in [-0.2, -0.15) is 5.26 Å². The Labute approximate surface area is 115 Å². The van der Waals surface area contributed by atoms with Crippen LogP contribution in [0.2, 0.25) is 0 Å². The van der Waals surface area contributed by atoms with Crippen molar-refractivity contribution >= 4 is 5.69 Å². The lowest BCUT2D eigenvalue weighted by Gasteiger charge is -2.13. The largest absolute Gasteiger partial charge is 0.387 e. The van der Waals surface area contributed by atoms with E-state index in [4.69, 9.17) is 5.26 Å². The standard InChI is InChI=1S/C15H12F2N2O/c16-12-3-1-2-10(6-12)15(20)9-19-13-4-5-14(17)11(7-13)8-18/h1-7,15,19-20H,9H2. The Morgan fingerprint density at radius 3 is 2.70 bits per heavy atom. The summed E-state index contributed by atoms with van der Waals surface area (Å²) in [4.78, 5) is 0. The molecule has 2 aromatic rings. The van der Waals surface area contributed by atoms with Crippen LogP contribution in [0.4, 0.5) is 14.5 Å². The number of aliphatic hydroxyl groups is 1. The summed E-state index contributed by atoms with van der Waals surface area (Å²) in [5.74, 6) is -1.01. The number of benzene rings is 2. The minimum absolute atomic E-state index is 0.0738. The lowest BCUT2D eigenvalue weighted by atomic mass is 10.1. The van der Waals surface area contributed by atoms with Gasteiger partial charge in [-0.15, -0.1) is 0 Å². The van der Waals surface area contributed by atoms with Crippen LogP contribution in [0.15, 0.2) is 42.5 Å². The second-order valence-corrected chi connectivity index (χ2v) is 4.26. The molecule has 0 bridgehead atoms. The molecule has 0 spiro atoms. The maximum Gasteiger partial charge on any atom is 0.141 e. The first-order valence-corrected chi connectivity index (χ1v) is 5.97. The molecule has 0 saturated heterocycles. The summed E-state index contributed by atoms with van der Waals surface area (Å²) in [6, 6.07) is 11.4. The Hall–Kier alpha value is -2.45. The van der Waals surface area contributed by atoms with Crippen LogP contribution in [0.25, 0.3) is 0 Å². The zero-order valence-corrected chi connectivity index (χ0v) is 10.5. The first-order valence-electron chi connectivity index (χ1n) is 5.97. The van der Waals surface area contributed by atoms with Crippen molar-refractivity contribution in [2.45, 2.75) is 6.10 Å². The molecule has 20 heavy (non-hydrogen) atoms. The number of nitriles is 1. The smallest absolute Gasteiger partial charge is 0.141 e. The lowest BCUT2D eigenvalue weighted by Crippen LogP contribution is -2.12. The molecule has 5 heteroatoms. The lowest BCUT2D eigenvalue weighted by molar-refractivity contribution is 0.191. The molecule has 2 N–H and O–H groups in total. The summed E-state index contributed by atoms with van der Waals surface area (Å²) in [5, 5.41) is 21.5. The number of anilines is 1. The summed E-state index contributed by atoms with van der Waals surface area (Å²) in [6.45, 7) is 0.125. The van der Waals surface area contributed by atoms with E-state index in [0.29, 0.717) is 11.3 Å². The predicted octanol–water partition coefficient (Wildman–Crippen LogP) is 2.98. The first-order chi connectivity index (χ1) is 9.60. The van der Waals surface area contributed by atoms with Crippen LogP contribution in [0.1, 0.15) is 17.2 Å². The van der Waals surface area contributed by atoms with Crippen molar-refractivity contribution in [1.29, 1.82) is 5.26 Å². The Balaban J connectivity index is 2.04. The molecule has 0 heterocycles. The maximum atomic E-state index is 13.1. The first kappa shape index (κ1) is 14.0. The van der Waals surface area contributed by atoms with Gasteiger partial charge >= 0.3 is 0 Å². The van der Waals surface area contributed by atoms with Crippen LogP contribution in [0.3, 0.4) is 0 Å². The highest BCUT2D eigenvalue weighted by Crippen LogP contribution is 2.17. The van der Waals surface area contributed by atoms with Crippen molar-refractivity contribution < 1.29 is 13.9 Å². The van der Waals surface area contributed by atoms with Crippen molar-refractivity contribution in [2.24, 2.45) is 0 Å². The number of rotatable bonds is 4. The third-order valence-electron chi connectivity index (χ3n) is 2.82. The van der Waals surface area contributed by atoms with Gasteiger partial charge in [0.1, 0.15) is 17.7 Å². The fraction of sp³-hybridized carbons (Fsp3) is 0.133. The molecule has 102 valence electrons. The quantitative estimate of drug-likeness (QED) is 0.901. The van der Waals surface area contributed by atoms with Crippen LogP contribution in [0, 0.1) is 23.0 Å². The van der Waals surface area contributed by atoms with Crippen molar-refractivity contribution in [3.8, 4) is 6.07 Å². The van der Waals surface area contributed by atoms with Crippen molar-refractivity contribution in [3.05, 3.63) is 65.2 Å². The van der Waals surface area contributed by atoms with E-state index < -0.39 is 17.7 Å². The molecular formula is C15H12F2N2O. The van der Waals surface area contributed by atoms with Gasteiger partial charge in [0.25, 0.3) is 0 Å². The summed E-state index contributed by atoms with van der Waals surface area (Å²) < 4.78 is 26.2. The highest BCUT2D eigenvalue weighted by Gasteiger charge is 2.09. The third kappa shape index (κ3) is 3.31. The summed E-state index contributed by atoms with van der Waals surface area (Å²) in [7, 11) is 0. The fourth-order valence-corrected chi connectivity index (χ4v) is 1.77. The zero-order chi connectivity index (χ0) is 14.5. The van der Waals surface area contributed by atoms with Crippen molar-refractivity contribution in [2.75, 3.05) is 11.9 Å². The van der Waals surface area contributed by atoms with E-state index in [1.807, 2.05) is 0 Å². The van der Waals surface area contributed by atoms with Gasteiger partial charge in [0.15, 0.2) is 0 Å². The van der Waals surface area contributed by atoms with E-state index in [-0.39, 0.29) is 12.1 Å². The molecular weight excluding hydrogens is 262 g/mol. The molecule has 3 nitrogen and oxygen atoms in total. The monoisotopic (exact) mass is 274 g/mol. The number of nitrogens with one attached hydrogen (secondary N) is 1. The van der Waals surface area contributed by atoms with Crippen LogP contribution < -0.4 is 5.32 Å². The fourth-order valence-electron chi connectivity index (χ4n) is 1.77. The maximum absolute atomic E-state index is 13.1. The van der Waals surface area contributed by atoms with Crippen LogP contribution >= 0.6 is 0 Å². The highest BCUT2D eigenvalue weighted by molar-refractivity contribution is 5.50. The summed E-state index contributed by atoms with van der Waals surface area (Å²) in [6.07, 6.45) is -0.902. The SMILES string of the molecule is N#Cc1cc(NCC(O)c2cccc(F)c2)ccc1F. The molecule has 0 amide bonds. The van der Waals surface area contributed by atoms with Crippen LogP contribution in [-0.2, 0) is 0 Å². The van der Waals surface area contributed by atoms with Gasteiger partial charge in [-0.3, -0.25) is 0 Å². The second-order valence-electron chi connectivity index (χ2n) is 4.26. The van der Waals surface area contributed by atoms with Crippen LogP contribution in [-0.4, -0.2) is 11.7 Å². The number of nitrogens with zero attached hydrogens (tertiary/aromatic N) is 1. The normalized spacial score (nSPS) is 11.7. The Morgan fingerprint density at radius 1 is 1.20 bits per heavy atom. The van der Waals surface area contributed by atoms with Crippen molar-refractivity contribution in [1.82, 2.24) is 0 Å². The number of hydrogen-bond donors (Lipinski definition) is 2. The Morgan fingerprint density at radius 2 is 2.00 bits per heavy atom. The predicted molar refractivity (Wildman–Crippen MR) is 71.0 cm³/mol. The molecule has 0 aliphatic rings. The third-order valence-corrected chi connectivity index (χ3v) is 2.82. The Bertz CT molecular complexity index is 653. The summed E-state index contributed by atoms with van der Waals surface area (Å²) in [5.41, 5.74) is 0.883. The molecule has 0 radical (unpaired) electrons. The van der Waals surface area contributed by atoms with Crippen molar-refractivity contribution in [3.63, 3.8) is 0 Å². The number of halogens is 2. The number of aliphatic hydroxyl groups excluding tert-OH is 1. The van der Waals surface area contributed by atoms with Gasteiger partial charge in [0.2, 0.25) is 0 Å². The molecule has 0 fully saturated rings. The minimum Gasteiger partial charge on any atom is -0.387 e. The average Bonchev–Trinajstić information content (AvgIpc) is 2.46. The molecule has 0 saturated carbocycles. The van der Waals surface area contributed by atoms with E-state index >= 15 is 0 Å². The van der Waals surface area contributed by atoms with Gasteiger partial charge in [-0.05, 0) is 35.9 Å². The molecule has 1 unspecified atom stereocenters. The van der Waals surface area contributed by atoms with E-state index in [0.717, 1.165) is 0 Å². The highest BCUT2D eigenvalue weighted by atomic mass is 19.1. The Kier molecular flexibility index (Phi) is 4.28. The molecule has 2 aromatic carbocycles. The number of hydrogen-bond acceptors (Lipinski definition) is 3. The molecule has 0 aromatic heterocycles. The second kappa shape index (κ2) is 6.13. The van der Waals surface area contributed by atoms with E-state index in [1.54, 1.807) is 12.1 Å². The van der Waals surface area contributed by atoms with Gasteiger partial charge in [-0.25, -0.2) is 8.78 Å². The molecule has 0 aliphatic heterocycles. The van der Waals surface area contributed by atoms with E-state index in [1.165, 1.54) is 36.4 Å². The zero-order valence-electron chi connectivity index (χ0n) is 10.5. The summed E-state index contributed by atoms with van der Waals surface area (Å²) >= 11 is 0.